The standard InChI is InChI=1S/C30H32N2O4/c1-2-19-36-27-20-22(15-16-25(27)30(34)35)21-28(33)31-29(23-11-5-3-6-12-23)24-13-7-8-14-26(24)32-17-9-4-10-18-32/h2-3,5-8,11-16,20,29H,1,4,9-10,17-19,21H2,(H,31,33)(H,34,35). The van der Waals surface area contributed by atoms with Crippen LogP contribution in [-0.4, -0.2) is 36.7 Å². The lowest BCUT2D eigenvalue weighted by Crippen LogP contribution is -2.34. The molecule has 1 aliphatic heterocycles. The van der Waals surface area contributed by atoms with Crippen LogP contribution >= 0.6 is 0 Å². The van der Waals surface area contributed by atoms with Gasteiger partial charge in [-0.3, -0.25) is 4.79 Å². The molecule has 2 N–H and O–H groups in total. The number of carbonyl (C=O) groups is 2. The number of anilines is 1. The maximum absolute atomic E-state index is 13.3. The van der Waals surface area contributed by atoms with Gasteiger partial charge in [0.1, 0.15) is 17.9 Å². The predicted molar refractivity (Wildman–Crippen MR) is 142 cm³/mol. The van der Waals surface area contributed by atoms with Gasteiger partial charge >= 0.3 is 5.97 Å². The Morgan fingerprint density at radius 2 is 1.72 bits per heavy atom. The van der Waals surface area contributed by atoms with E-state index in [0.717, 1.165) is 29.9 Å². The summed E-state index contributed by atoms with van der Waals surface area (Å²) in [5.41, 5.74) is 3.95. The highest BCUT2D eigenvalue weighted by atomic mass is 16.5. The normalized spacial score (nSPS) is 14.1. The molecule has 1 unspecified atom stereocenters. The van der Waals surface area contributed by atoms with E-state index in [4.69, 9.17) is 4.74 Å². The highest BCUT2D eigenvalue weighted by molar-refractivity contribution is 5.91. The second-order valence-electron chi connectivity index (χ2n) is 8.93. The average Bonchev–Trinajstić information content (AvgIpc) is 2.91. The number of para-hydroxylation sites is 1. The van der Waals surface area contributed by atoms with Gasteiger partial charge in [0.05, 0.1) is 12.5 Å². The highest BCUT2D eigenvalue weighted by Crippen LogP contribution is 2.32. The molecule has 6 heteroatoms. The lowest BCUT2D eigenvalue weighted by Gasteiger charge is -2.33. The Hall–Kier alpha value is -4.06. The molecule has 0 bridgehead atoms. The number of rotatable bonds is 10. The molecule has 0 spiro atoms. The summed E-state index contributed by atoms with van der Waals surface area (Å²) in [5.74, 6) is -1.01. The summed E-state index contributed by atoms with van der Waals surface area (Å²) in [5, 5.41) is 12.7. The monoisotopic (exact) mass is 484 g/mol. The van der Waals surface area contributed by atoms with Gasteiger partial charge in [-0.25, -0.2) is 4.79 Å². The second kappa shape index (κ2) is 12.1. The van der Waals surface area contributed by atoms with Crippen molar-refractivity contribution in [1.29, 1.82) is 0 Å². The van der Waals surface area contributed by atoms with Crippen molar-refractivity contribution in [1.82, 2.24) is 5.32 Å². The van der Waals surface area contributed by atoms with Gasteiger partial charge in [-0.15, -0.1) is 0 Å². The van der Waals surface area contributed by atoms with Gasteiger partial charge in [0, 0.05) is 24.3 Å². The molecule has 186 valence electrons. The number of ether oxygens (including phenoxy) is 1. The first-order valence-corrected chi connectivity index (χ1v) is 12.3. The highest BCUT2D eigenvalue weighted by Gasteiger charge is 2.23. The van der Waals surface area contributed by atoms with E-state index >= 15 is 0 Å². The average molecular weight is 485 g/mol. The fourth-order valence-electron chi connectivity index (χ4n) is 4.66. The zero-order valence-corrected chi connectivity index (χ0v) is 20.4. The molecular weight excluding hydrogens is 452 g/mol. The molecule has 1 atom stereocenters. The minimum Gasteiger partial charge on any atom is -0.489 e. The van der Waals surface area contributed by atoms with Crippen LogP contribution < -0.4 is 15.0 Å². The summed E-state index contributed by atoms with van der Waals surface area (Å²) in [7, 11) is 0. The van der Waals surface area contributed by atoms with Crippen LogP contribution in [0, 0.1) is 0 Å². The number of benzene rings is 3. The first-order chi connectivity index (χ1) is 17.6. The minimum absolute atomic E-state index is 0.0543. The number of nitrogens with zero attached hydrogens (tertiary/aromatic N) is 1. The summed E-state index contributed by atoms with van der Waals surface area (Å²) < 4.78 is 5.54. The van der Waals surface area contributed by atoms with Crippen molar-refractivity contribution in [2.45, 2.75) is 31.7 Å². The molecular formula is C30H32N2O4. The van der Waals surface area contributed by atoms with Crippen molar-refractivity contribution in [2.24, 2.45) is 0 Å². The van der Waals surface area contributed by atoms with E-state index < -0.39 is 5.97 Å². The van der Waals surface area contributed by atoms with Gasteiger partial charge in [0.2, 0.25) is 5.91 Å². The van der Waals surface area contributed by atoms with Crippen LogP contribution in [-0.2, 0) is 11.2 Å². The fraction of sp³-hybridized carbons (Fsp3) is 0.267. The first kappa shape index (κ1) is 25.0. The van der Waals surface area contributed by atoms with Crippen molar-refractivity contribution < 1.29 is 19.4 Å². The van der Waals surface area contributed by atoms with Gasteiger partial charge in [-0.05, 0) is 48.6 Å². The van der Waals surface area contributed by atoms with Gasteiger partial charge in [-0.1, -0.05) is 67.3 Å². The van der Waals surface area contributed by atoms with Crippen molar-refractivity contribution in [2.75, 3.05) is 24.6 Å². The maximum atomic E-state index is 13.3. The lowest BCUT2D eigenvalue weighted by molar-refractivity contribution is -0.120. The number of piperidine rings is 1. The molecule has 1 aliphatic rings. The van der Waals surface area contributed by atoms with Gasteiger partial charge in [0.25, 0.3) is 0 Å². The van der Waals surface area contributed by atoms with E-state index in [1.165, 1.54) is 25.3 Å². The van der Waals surface area contributed by atoms with Crippen LogP contribution in [0.5, 0.6) is 5.75 Å². The van der Waals surface area contributed by atoms with Crippen LogP contribution in [0.4, 0.5) is 5.69 Å². The van der Waals surface area contributed by atoms with Crippen LogP contribution in [0.1, 0.15) is 52.4 Å². The molecule has 3 aromatic carbocycles. The summed E-state index contributed by atoms with van der Waals surface area (Å²) in [6.45, 7) is 5.81. The van der Waals surface area contributed by atoms with E-state index in [2.05, 4.69) is 28.9 Å². The Kier molecular flexibility index (Phi) is 8.40. The molecule has 4 rings (SSSR count). The molecule has 1 saturated heterocycles. The number of carbonyl (C=O) groups excluding carboxylic acids is 1. The largest absolute Gasteiger partial charge is 0.489 e. The van der Waals surface area contributed by atoms with E-state index in [0.29, 0.717) is 5.56 Å². The van der Waals surface area contributed by atoms with Crippen molar-refractivity contribution in [3.05, 3.63) is 108 Å². The summed E-state index contributed by atoms with van der Waals surface area (Å²) in [4.78, 5) is 27.3. The Bertz CT molecular complexity index is 1200. The lowest BCUT2D eigenvalue weighted by atomic mass is 9.95. The molecule has 0 saturated carbocycles. The third-order valence-electron chi connectivity index (χ3n) is 6.38. The Labute approximate surface area is 212 Å². The van der Waals surface area contributed by atoms with Crippen molar-refractivity contribution in [3.63, 3.8) is 0 Å². The predicted octanol–water partition coefficient (Wildman–Crippen LogP) is 5.39. The Morgan fingerprint density at radius 1 is 1.00 bits per heavy atom. The van der Waals surface area contributed by atoms with E-state index in [-0.39, 0.29) is 36.3 Å². The van der Waals surface area contributed by atoms with E-state index in [1.54, 1.807) is 18.2 Å². The molecule has 3 aromatic rings. The van der Waals surface area contributed by atoms with Crippen molar-refractivity contribution >= 4 is 17.6 Å². The minimum atomic E-state index is -1.08. The van der Waals surface area contributed by atoms with Gasteiger partial charge < -0.3 is 20.1 Å². The molecule has 1 amide bonds. The van der Waals surface area contributed by atoms with Crippen LogP contribution in [0.2, 0.25) is 0 Å². The molecule has 0 aliphatic carbocycles. The number of aromatic carboxylic acids is 1. The maximum Gasteiger partial charge on any atom is 0.339 e. The van der Waals surface area contributed by atoms with E-state index in [1.807, 2.05) is 42.5 Å². The summed E-state index contributed by atoms with van der Waals surface area (Å²) in [6, 6.07) is 22.7. The second-order valence-corrected chi connectivity index (χ2v) is 8.93. The number of nitrogens with one attached hydrogen (secondary N) is 1. The number of hydrogen-bond acceptors (Lipinski definition) is 4. The van der Waals surface area contributed by atoms with Gasteiger partial charge in [-0.2, -0.15) is 0 Å². The third kappa shape index (κ3) is 6.13. The third-order valence-corrected chi connectivity index (χ3v) is 6.38. The number of amides is 1. The molecule has 1 heterocycles. The molecule has 0 aromatic heterocycles. The SMILES string of the molecule is C=CCOc1cc(CC(=O)NC(c2ccccc2)c2ccccc2N2CCCCC2)ccc1C(=O)O. The molecule has 0 radical (unpaired) electrons. The molecule has 1 fully saturated rings. The zero-order valence-electron chi connectivity index (χ0n) is 20.4. The van der Waals surface area contributed by atoms with Crippen molar-refractivity contribution in [3.8, 4) is 5.75 Å². The van der Waals surface area contributed by atoms with Crippen LogP contribution in [0.25, 0.3) is 0 Å². The summed E-state index contributed by atoms with van der Waals surface area (Å²) in [6.07, 6.45) is 5.23. The van der Waals surface area contributed by atoms with Gasteiger partial charge in [0.15, 0.2) is 0 Å². The number of carboxylic acids is 1. The molecule has 36 heavy (non-hydrogen) atoms. The summed E-state index contributed by atoms with van der Waals surface area (Å²) >= 11 is 0. The quantitative estimate of drug-likeness (QED) is 0.377. The Balaban J connectivity index is 1.60. The number of carboxylic acid groups (broad SMARTS) is 1. The first-order valence-electron chi connectivity index (χ1n) is 12.3. The topological polar surface area (TPSA) is 78.9 Å². The van der Waals surface area contributed by atoms with E-state index in [9.17, 15) is 14.7 Å². The van der Waals surface area contributed by atoms with Crippen LogP contribution in [0.3, 0.4) is 0 Å². The fourth-order valence-corrected chi connectivity index (χ4v) is 4.66. The zero-order chi connectivity index (χ0) is 25.3. The smallest absolute Gasteiger partial charge is 0.339 e. The molecule has 6 nitrogen and oxygen atoms in total. The van der Waals surface area contributed by atoms with Crippen LogP contribution in [0.15, 0.2) is 85.5 Å². The Morgan fingerprint density at radius 3 is 2.44 bits per heavy atom. The number of hydrogen-bond donors (Lipinski definition) is 2.